The lowest BCUT2D eigenvalue weighted by Gasteiger charge is -2.32. The average molecular weight is 1160 g/mol. The van der Waals surface area contributed by atoms with E-state index in [0.717, 1.165) is 32.1 Å². The monoisotopic (exact) mass is 1160 g/mol. The predicted molar refractivity (Wildman–Crippen MR) is 322 cm³/mol. The zero-order valence-electron chi connectivity index (χ0n) is 52.6. The maximum Gasteiger partial charge on any atom is 0.243 e. The molecule has 23 heteroatoms. The van der Waals surface area contributed by atoms with Gasteiger partial charge in [0, 0.05) is 6.54 Å². The molecule has 0 bridgehead atoms. The Bertz CT molecular complexity index is 1950. The van der Waals surface area contributed by atoms with Crippen molar-refractivity contribution in [3.8, 4) is 0 Å². The molecule has 16 N–H and O–H groups in total. The van der Waals surface area contributed by atoms with E-state index < -0.39 is 149 Å². The van der Waals surface area contributed by atoms with Crippen molar-refractivity contribution in [2.24, 2.45) is 52.7 Å². The first kappa shape index (κ1) is 76.6. The van der Waals surface area contributed by atoms with Crippen LogP contribution in [-0.2, 0) is 47.9 Å². The highest BCUT2D eigenvalue weighted by atomic mass is 16.2. The smallest absolute Gasteiger partial charge is 0.243 e. The Hall–Kier alpha value is -5.42. The molecule has 0 spiro atoms. The van der Waals surface area contributed by atoms with Gasteiger partial charge in [-0.05, 0) is 94.2 Å². The third kappa shape index (κ3) is 30.2. The number of rotatable bonds is 45. The summed E-state index contributed by atoms with van der Waals surface area (Å²) in [5.41, 5.74) is 17.0. The Morgan fingerprint density at radius 2 is 0.622 bits per heavy atom. The van der Waals surface area contributed by atoms with E-state index in [1.165, 1.54) is 38.5 Å². The van der Waals surface area contributed by atoms with Crippen LogP contribution in [0.15, 0.2) is 0 Å². The van der Waals surface area contributed by atoms with E-state index in [9.17, 15) is 47.9 Å². The predicted octanol–water partition coefficient (Wildman–Crippen LogP) is 2.56. The highest BCUT2D eigenvalue weighted by Gasteiger charge is 2.38. The molecule has 82 heavy (non-hydrogen) atoms. The maximum absolute atomic E-state index is 14.2. The summed E-state index contributed by atoms with van der Waals surface area (Å²) in [6, 6.07) is -10.0. The van der Waals surface area contributed by atoms with Gasteiger partial charge in [0.05, 0.1) is 12.5 Å². The lowest BCUT2D eigenvalue weighted by atomic mass is 9.96. The molecule has 0 heterocycles. The second-order valence-electron chi connectivity index (χ2n) is 24.1. The molecular weight excluding hydrogens is 1050 g/mol. The van der Waals surface area contributed by atoms with Crippen LogP contribution in [0.1, 0.15) is 199 Å². The Morgan fingerprint density at radius 3 is 0.927 bits per heavy atom. The van der Waals surface area contributed by atoms with Crippen molar-refractivity contribution >= 4 is 59.1 Å². The zero-order chi connectivity index (χ0) is 62.6. The number of unbranched alkanes of at least 4 members (excludes halogenated alkanes) is 11. The Labute approximate surface area is 491 Å². The first-order valence-electron chi connectivity index (χ1n) is 30.7. The summed E-state index contributed by atoms with van der Waals surface area (Å²) in [6.45, 7) is 23.9. The first-order chi connectivity index (χ1) is 38.6. The molecular formula is C59H113N13O10. The summed E-state index contributed by atoms with van der Waals surface area (Å²) in [4.78, 5) is 137. The summed E-state index contributed by atoms with van der Waals surface area (Å²) in [7, 11) is 1.66. The van der Waals surface area contributed by atoms with Crippen LogP contribution in [0.2, 0.25) is 0 Å². The van der Waals surface area contributed by atoms with E-state index in [1.54, 1.807) is 90.1 Å². The van der Waals surface area contributed by atoms with Gasteiger partial charge in [0.15, 0.2) is 0 Å². The molecule has 9 atom stereocenters. The van der Waals surface area contributed by atoms with Gasteiger partial charge in [0.2, 0.25) is 59.1 Å². The fourth-order valence-corrected chi connectivity index (χ4v) is 9.19. The van der Waals surface area contributed by atoms with Gasteiger partial charge in [0.1, 0.15) is 48.3 Å². The Morgan fingerprint density at radius 1 is 0.341 bits per heavy atom. The molecule has 23 nitrogen and oxygen atoms in total. The molecule has 0 saturated heterocycles. The fourth-order valence-electron chi connectivity index (χ4n) is 9.19. The van der Waals surface area contributed by atoms with Crippen LogP contribution in [0.25, 0.3) is 0 Å². The molecule has 0 aromatic carbocycles. The van der Waals surface area contributed by atoms with E-state index >= 15 is 0 Å². The lowest BCUT2D eigenvalue weighted by molar-refractivity contribution is -0.138. The number of primary amides is 1. The second-order valence-corrected chi connectivity index (χ2v) is 24.1. The number of amides is 10. The Kier molecular flexibility index (Phi) is 39.6. The van der Waals surface area contributed by atoms with Crippen molar-refractivity contribution in [1.82, 2.24) is 53.2 Å². The fraction of sp³-hybridized carbons (Fsp3) is 0.831. The molecule has 0 aliphatic carbocycles. The van der Waals surface area contributed by atoms with Crippen molar-refractivity contribution in [3.63, 3.8) is 0 Å². The molecule has 0 unspecified atom stereocenters. The summed E-state index contributed by atoms with van der Waals surface area (Å²) in [6.07, 6.45) is 14.4. The molecule has 0 aliphatic heterocycles. The molecule has 474 valence electrons. The van der Waals surface area contributed by atoms with E-state index in [1.807, 2.05) is 0 Å². The van der Waals surface area contributed by atoms with E-state index in [2.05, 4.69) is 60.1 Å². The number of nitrogens with one attached hydrogen (secondary N) is 10. The van der Waals surface area contributed by atoms with E-state index in [0.29, 0.717) is 45.3 Å². The standard InChI is InChI=1S/C59H113N13O10/c1-15-16-17-18-19-20-21-22-23-28-33-64-44(73)34-43(51(62)74)66-54(77)45(35(2)3)68-56(79)47(37(6)7)70-58(81)49(39(10)11)72-59(82)50(40(12)13)71-57(80)48(38(8)9)69-55(78)46(36(4)5)67-53(76)42(30-25-27-32-61)65-52(75)41(63-14)29-24-26-31-60/h35-43,45-50,63H,15-34,60-61H2,1-14H3,(H2,62,74)(H,64,73)(H,65,75)(H,66,77)(H,67,76)(H,68,79)(H,69,78)(H,70,81)(H,71,80)(H,72,82)/t41-,42+,43+,45+,46-,47-,48+,49+,50-/m1/s1. The van der Waals surface area contributed by atoms with Crippen LogP contribution >= 0.6 is 0 Å². The number of hydrogen-bond donors (Lipinski definition) is 13. The van der Waals surface area contributed by atoms with E-state index in [4.69, 9.17) is 17.2 Å². The highest BCUT2D eigenvalue weighted by molar-refractivity contribution is 5.99. The Balaban J connectivity index is 6.07. The van der Waals surface area contributed by atoms with Crippen molar-refractivity contribution < 1.29 is 47.9 Å². The van der Waals surface area contributed by atoms with Crippen LogP contribution in [0.5, 0.6) is 0 Å². The van der Waals surface area contributed by atoms with Gasteiger partial charge < -0.3 is 70.4 Å². The minimum Gasteiger partial charge on any atom is -0.368 e. The lowest BCUT2D eigenvalue weighted by Crippen LogP contribution is -2.63. The van der Waals surface area contributed by atoms with Crippen molar-refractivity contribution in [2.45, 2.75) is 254 Å². The minimum absolute atomic E-state index is 0.271. The van der Waals surface area contributed by atoms with Crippen molar-refractivity contribution in [2.75, 3.05) is 26.7 Å². The summed E-state index contributed by atoms with van der Waals surface area (Å²) >= 11 is 0. The zero-order valence-corrected chi connectivity index (χ0v) is 52.6. The summed E-state index contributed by atoms with van der Waals surface area (Å²) in [5, 5.41) is 27.7. The quantitative estimate of drug-likeness (QED) is 0.0391. The third-order valence-corrected chi connectivity index (χ3v) is 14.6. The molecule has 0 aromatic heterocycles. The molecule has 0 aliphatic rings. The van der Waals surface area contributed by atoms with Crippen LogP contribution in [0.3, 0.4) is 0 Å². The number of hydrogen-bond acceptors (Lipinski definition) is 13. The van der Waals surface area contributed by atoms with Gasteiger partial charge in [-0.2, -0.15) is 0 Å². The van der Waals surface area contributed by atoms with Crippen LogP contribution in [-0.4, -0.2) is 140 Å². The summed E-state index contributed by atoms with van der Waals surface area (Å²) < 4.78 is 0. The normalized spacial score (nSPS) is 14.9. The maximum atomic E-state index is 14.2. The molecule has 0 fully saturated rings. The molecule has 10 amide bonds. The van der Waals surface area contributed by atoms with Crippen molar-refractivity contribution in [3.05, 3.63) is 0 Å². The van der Waals surface area contributed by atoms with Gasteiger partial charge in [0.25, 0.3) is 0 Å². The first-order valence-corrected chi connectivity index (χ1v) is 30.7. The van der Waals surface area contributed by atoms with Crippen LogP contribution in [0, 0.1) is 35.5 Å². The number of carbonyl (C=O) groups is 10. The van der Waals surface area contributed by atoms with Gasteiger partial charge in [-0.1, -0.05) is 154 Å². The average Bonchev–Trinajstić information content (AvgIpc) is 3.51. The summed E-state index contributed by atoms with van der Waals surface area (Å²) in [5.74, 6) is -9.61. The second kappa shape index (κ2) is 42.4. The number of carbonyl (C=O) groups excluding carboxylic acids is 10. The van der Waals surface area contributed by atoms with Crippen molar-refractivity contribution in [1.29, 1.82) is 0 Å². The minimum atomic E-state index is -1.35. The SMILES string of the molecule is CCCCCCCCCCCCNC(=O)C[C@H](NC(=O)[C@@H](NC(=O)[C@H](NC(=O)[C@@H](NC(=O)[C@H](NC(=O)[C@@H](NC(=O)[C@H](NC(=O)[C@H](CCCCN)NC(=O)[C@@H](CCCCN)NC)C(C)C)C(C)C)C(C)C)C(C)C)C(C)C)C(C)C)C(N)=O. The van der Waals surface area contributed by atoms with Gasteiger partial charge in [-0.15, -0.1) is 0 Å². The molecule has 0 radical (unpaired) electrons. The van der Waals surface area contributed by atoms with E-state index in [-0.39, 0.29) is 12.3 Å². The van der Waals surface area contributed by atoms with Crippen LogP contribution in [0.4, 0.5) is 0 Å². The highest BCUT2D eigenvalue weighted by Crippen LogP contribution is 2.15. The molecule has 0 saturated carbocycles. The third-order valence-electron chi connectivity index (χ3n) is 14.6. The van der Waals surface area contributed by atoms with Gasteiger partial charge >= 0.3 is 0 Å². The van der Waals surface area contributed by atoms with Crippen LogP contribution < -0.4 is 70.4 Å². The van der Waals surface area contributed by atoms with Gasteiger partial charge in [-0.3, -0.25) is 47.9 Å². The van der Waals surface area contributed by atoms with Gasteiger partial charge in [-0.25, -0.2) is 0 Å². The molecule has 0 aromatic rings. The number of nitrogens with two attached hydrogens (primary N) is 3. The largest absolute Gasteiger partial charge is 0.368 e. The number of likely N-dealkylation sites (N-methyl/N-ethyl adjacent to an activating group) is 1. The topological polar surface area (TPSA) is 369 Å². The molecule has 0 rings (SSSR count).